The first-order valence-corrected chi connectivity index (χ1v) is 13.3. The zero-order valence-electron chi connectivity index (χ0n) is 20.9. The van der Waals surface area contributed by atoms with Gasteiger partial charge in [-0.05, 0) is 91.8 Å². The van der Waals surface area contributed by atoms with Crippen molar-refractivity contribution in [2.24, 2.45) is 46.8 Å². The average molecular weight is 415 g/mol. The van der Waals surface area contributed by atoms with E-state index >= 15 is 0 Å². The fourth-order valence-corrected chi connectivity index (χ4v) is 7.41. The van der Waals surface area contributed by atoms with Crippen molar-refractivity contribution in [3.05, 3.63) is 23.8 Å². The molecule has 1 fully saturated rings. The molecule has 0 aromatic rings. The van der Waals surface area contributed by atoms with Crippen molar-refractivity contribution in [3.63, 3.8) is 0 Å². The molecule has 0 heterocycles. The predicted octanol–water partition coefficient (Wildman–Crippen LogP) is 8.19. The van der Waals surface area contributed by atoms with Gasteiger partial charge >= 0.3 is 0 Å². The van der Waals surface area contributed by atoms with Crippen molar-refractivity contribution in [1.82, 2.24) is 0 Å². The van der Waals surface area contributed by atoms with Gasteiger partial charge < -0.3 is 5.11 Å². The van der Waals surface area contributed by atoms with E-state index in [1.54, 1.807) is 5.57 Å². The Kier molecular flexibility index (Phi) is 8.33. The van der Waals surface area contributed by atoms with Crippen molar-refractivity contribution in [1.29, 1.82) is 0 Å². The van der Waals surface area contributed by atoms with Gasteiger partial charge in [-0.1, -0.05) is 84.6 Å². The number of hydrogen-bond acceptors (Lipinski definition) is 1. The van der Waals surface area contributed by atoms with E-state index in [1.165, 1.54) is 51.4 Å². The maximum Gasteiger partial charge on any atom is 0.0577 e. The minimum Gasteiger partial charge on any atom is -0.393 e. The highest BCUT2D eigenvalue weighted by atomic mass is 16.3. The maximum absolute atomic E-state index is 10.2. The Morgan fingerprint density at radius 1 is 1.10 bits per heavy atom. The first-order chi connectivity index (χ1) is 14.3. The fourth-order valence-electron chi connectivity index (χ4n) is 7.41. The molecule has 0 spiro atoms. The molecule has 1 heteroatoms. The number of aliphatic hydroxyl groups is 1. The lowest BCUT2D eigenvalue weighted by atomic mass is 9.55. The molecule has 8 atom stereocenters. The number of rotatable bonds is 6. The molecule has 0 radical (unpaired) electrons. The Labute approximate surface area is 187 Å². The van der Waals surface area contributed by atoms with Gasteiger partial charge in [0.15, 0.2) is 0 Å². The van der Waals surface area contributed by atoms with Crippen LogP contribution in [0.5, 0.6) is 0 Å². The van der Waals surface area contributed by atoms with E-state index in [9.17, 15) is 5.11 Å². The molecule has 0 unspecified atom stereocenters. The first kappa shape index (κ1) is 24.1. The predicted molar refractivity (Wildman–Crippen MR) is 130 cm³/mol. The molecule has 1 N–H and O–H groups in total. The van der Waals surface area contributed by atoms with Gasteiger partial charge in [-0.3, -0.25) is 0 Å². The van der Waals surface area contributed by atoms with Gasteiger partial charge in [0.05, 0.1) is 6.10 Å². The number of hydrogen-bond donors (Lipinski definition) is 1. The van der Waals surface area contributed by atoms with E-state index in [0.29, 0.717) is 11.3 Å². The van der Waals surface area contributed by atoms with E-state index in [4.69, 9.17) is 0 Å². The van der Waals surface area contributed by atoms with Crippen LogP contribution in [-0.4, -0.2) is 11.2 Å². The van der Waals surface area contributed by atoms with Crippen LogP contribution in [0.1, 0.15) is 106 Å². The molecule has 1 nitrogen and oxygen atoms in total. The average Bonchev–Trinajstić information content (AvgIpc) is 2.78. The molecule has 30 heavy (non-hydrogen) atoms. The highest BCUT2D eigenvalue weighted by Crippen LogP contribution is 2.55. The zero-order chi connectivity index (χ0) is 21.9. The molecule has 0 bridgehead atoms. The monoisotopic (exact) mass is 414 g/mol. The summed E-state index contributed by atoms with van der Waals surface area (Å²) in [5.41, 5.74) is 1.90. The molecule has 0 amide bonds. The molecule has 0 aliphatic heterocycles. The summed E-state index contributed by atoms with van der Waals surface area (Å²) in [5, 5.41) is 10.2. The van der Waals surface area contributed by atoms with Crippen molar-refractivity contribution in [2.75, 3.05) is 0 Å². The topological polar surface area (TPSA) is 20.2 Å². The summed E-state index contributed by atoms with van der Waals surface area (Å²) < 4.78 is 0. The van der Waals surface area contributed by atoms with Crippen LogP contribution in [0.15, 0.2) is 23.8 Å². The third-order valence-electron chi connectivity index (χ3n) is 9.80. The van der Waals surface area contributed by atoms with E-state index in [0.717, 1.165) is 48.3 Å². The van der Waals surface area contributed by atoms with Crippen LogP contribution in [-0.2, 0) is 0 Å². The van der Waals surface area contributed by atoms with E-state index in [1.807, 2.05) is 0 Å². The van der Waals surface area contributed by atoms with Gasteiger partial charge in [0, 0.05) is 0 Å². The molecule has 3 aliphatic rings. The van der Waals surface area contributed by atoms with Crippen molar-refractivity contribution >= 4 is 0 Å². The van der Waals surface area contributed by atoms with Crippen LogP contribution < -0.4 is 0 Å². The highest BCUT2D eigenvalue weighted by Gasteiger charge is 2.46. The maximum atomic E-state index is 10.2. The molecule has 0 saturated heterocycles. The number of allylic oxidation sites excluding steroid dienone is 3. The first-order valence-electron chi connectivity index (χ1n) is 13.3. The molecule has 0 aromatic heterocycles. The Morgan fingerprint density at radius 2 is 1.87 bits per heavy atom. The SMILES string of the molecule is CC[C@H](CC[C@@H](C)[C@H]1C/C=C/[C@@H]2CC=C3C[C@@H](O)CC[C@]3(C)[C@H]2CC[C@@H]1C)C(C)C. The summed E-state index contributed by atoms with van der Waals surface area (Å²) in [6, 6.07) is 0. The molecule has 0 aromatic carbocycles. The third-order valence-corrected chi connectivity index (χ3v) is 9.80. The van der Waals surface area contributed by atoms with Crippen molar-refractivity contribution in [2.45, 2.75) is 112 Å². The Hall–Kier alpha value is -0.560. The van der Waals surface area contributed by atoms with Gasteiger partial charge in [0.2, 0.25) is 0 Å². The van der Waals surface area contributed by atoms with E-state index in [2.05, 4.69) is 59.8 Å². The largest absolute Gasteiger partial charge is 0.393 e. The lowest BCUT2D eigenvalue weighted by molar-refractivity contribution is 0.0532. The smallest absolute Gasteiger partial charge is 0.0577 e. The third kappa shape index (κ3) is 5.25. The number of fused-ring (bicyclic) bond motifs is 3. The fraction of sp³-hybridized carbons (Fsp3) is 0.862. The summed E-state index contributed by atoms with van der Waals surface area (Å²) in [5.74, 6) is 5.66. The van der Waals surface area contributed by atoms with Crippen LogP contribution in [0.2, 0.25) is 0 Å². The lowest BCUT2D eigenvalue weighted by Crippen LogP contribution is -2.41. The second kappa shape index (κ2) is 10.4. The minimum absolute atomic E-state index is 0.102. The Bertz CT molecular complexity index is 601. The highest BCUT2D eigenvalue weighted by molar-refractivity contribution is 5.25. The van der Waals surface area contributed by atoms with Crippen LogP contribution in [0.3, 0.4) is 0 Å². The Balaban J connectivity index is 1.67. The summed E-state index contributed by atoms with van der Waals surface area (Å²) in [6.45, 7) is 14.8. The summed E-state index contributed by atoms with van der Waals surface area (Å²) >= 11 is 0. The number of aliphatic hydroxyl groups excluding tert-OH is 1. The minimum atomic E-state index is -0.102. The van der Waals surface area contributed by atoms with Gasteiger partial charge in [-0.25, -0.2) is 0 Å². The van der Waals surface area contributed by atoms with Crippen LogP contribution >= 0.6 is 0 Å². The summed E-state index contributed by atoms with van der Waals surface area (Å²) in [6.07, 6.45) is 20.0. The quantitative estimate of drug-likeness (QED) is 0.434. The molecule has 3 rings (SSSR count). The van der Waals surface area contributed by atoms with Gasteiger partial charge in [0.1, 0.15) is 0 Å². The van der Waals surface area contributed by atoms with Gasteiger partial charge in [-0.2, -0.15) is 0 Å². The van der Waals surface area contributed by atoms with Crippen LogP contribution in [0.4, 0.5) is 0 Å². The molecule has 1 saturated carbocycles. The van der Waals surface area contributed by atoms with Gasteiger partial charge in [-0.15, -0.1) is 0 Å². The standard InChI is InChI=1S/C29H50O/c1-7-23(20(2)3)13-11-21(4)27-10-8-9-24-14-15-25-19-26(30)17-18-29(25,6)28(24)16-12-22(27)5/h8-9,15,20-24,26-28,30H,7,10-14,16-19H2,1-6H3/b9-8+/t21-,22+,23-,24-,26+,27-,28+,29+/m1/s1. The molecular weight excluding hydrogens is 364 g/mol. The zero-order valence-corrected chi connectivity index (χ0v) is 20.9. The lowest BCUT2D eigenvalue weighted by Gasteiger charge is -2.50. The van der Waals surface area contributed by atoms with Gasteiger partial charge in [0.25, 0.3) is 0 Å². The normalized spacial score (nSPS) is 40.3. The molecular formula is C29H50O. The van der Waals surface area contributed by atoms with E-state index in [-0.39, 0.29) is 6.10 Å². The Morgan fingerprint density at radius 3 is 2.57 bits per heavy atom. The van der Waals surface area contributed by atoms with Crippen molar-refractivity contribution < 1.29 is 5.11 Å². The summed E-state index contributed by atoms with van der Waals surface area (Å²) in [7, 11) is 0. The second-order valence-corrected chi connectivity index (χ2v) is 11.9. The summed E-state index contributed by atoms with van der Waals surface area (Å²) in [4.78, 5) is 0. The molecule has 3 aliphatic carbocycles. The van der Waals surface area contributed by atoms with Crippen molar-refractivity contribution in [3.8, 4) is 0 Å². The van der Waals surface area contributed by atoms with Crippen LogP contribution in [0, 0.1) is 46.8 Å². The molecule has 172 valence electrons. The van der Waals surface area contributed by atoms with E-state index < -0.39 is 0 Å². The van der Waals surface area contributed by atoms with Crippen LogP contribution in [0.25, 0.3) is 0 Å². The second-order valence-electron chi connectivity index (χ2n) is 11.9.